The molecule has 1 aromatic heterocycles. The van der Waals surface area contributed by atoms with Crippen molar-refractivity contribution in [2.24, 2.45) is 0 Å². The van der Waals surface area contributed by atoms with Gasteiger partial charge in [-0.05, 0) is 26.0 Å². The van der Waals surface area contributed by atoms with Crippen molar-refractivity contribution in [3.63, 3.8) is 0 Å². The van der Waals surface area contributed by atoms with Crippen LogP contribution < -0.4 is 10.6 Å². The second kappa shape index (κ2) is 6.37. The molecule has 0 saturated carbocycles. The zero-order chi connectivity index (χ0) is 14.5. The minimum atomic E-state index is 0.298. The lowest BCUT2D eigenvalue weighted by atomic mass is 10.2. The van der Waals surface area contributed by atoms with Crippen molar-refractivity contribution < 1.29 is 0 Å². The van der Waals surface area contributed by atoms with E-state index in [0.29, 0.717) is 5.92 Å². The van der Waals surface area contributed by atoms with Crippen LogP contribution >= 0.6 is 0 Å². The molecule has 0 amide bonds. The average molecular weight is 270 g/mol. The number of hydrogen-bond acceptors (Lipinski definition) is 4. The van der Waals surface area contributed by atoms with Crippen molar-refractivity contribution in [2.45, 2.75) is 33.6 Å². The number of rotatable bonds is 5. The standard InChI is InChI=1S/C16H22N4/c1-5-17-14-10-15(20-16(19-14)11(2)3)18-13-8-6-12(4)7-9-13/h6-11H,5H2,1-4H3,(H2,17,18,19,20). The highest BCUT2D eigenvalue weighted by Gasteiger charge is 2.08. The molecule has 106 valence electrons. The van der Waals surface area contributed by atoms with E-state index in [1.807, 2.05) is 6.07 Å². The topological polar surface area (TPSA) is 49.8 Å². The van der Waals surface area contributed by atoms with Crippen molar-refractivity contribution in [1.82, 2.24) is 9.97 Å². The first kappa shape index (κ1) is 14.3. The molecule has 2 aromatic rings. The molecule has 0 unspecified atom stereocenters. The van der Waals surface area contributed by atoms with E-state index in [-0.39, 0.29) is 0 Å². The smallest absolute Gasteiger partial charge is 0.136 e. The molecule has 0 atom stereocenters. The molecule has 4 heteroatoms. The van der Waals surface area contributed by atoms with Crippen LogP contribution in [-0.4, -0.2) is 16.5 Å². The third kappa shape index (κ3) is 3.70. The Morgan fingerprint density at radius 3 is 2.30 bits per heavy atom. The Labute approximate surface area is 120 Å². The van der Waals surface area contributed by atoms with Gasteiger partial charge in [-0.15, -0.1) is 0 Å². The molecule has 4 nitrogen and oxygen atoms in total. The van der Waals surface area contributed by atoms with Gasteiger partial charge in [0.1, 0.15) is 17.5 Å². The Kier molecular flexibility index (Phi) is 4.56. The molecule has 2 rings (SSSR count). The zero-order valence-electron chi connectivity index (χ0n) is 12.6. The molecule has 20 heavy (non-hydrogen) atoms. The Hall–Kier alpha value is -2.10. The van der Waals surface area contributed by atoms with Gasteiger partial charge in [0, 0.05) is 24.2 Å². The molecule has 0 aliphatic rings. The van der Waals surface area contributed by atoms with Gasteiger partial charge < -0.3 is 10.6 Å². The van der Waals surface area contributed by atoms with Crippen molar-refractivity contribution in [3.8, 4) is 0 Å². The lowest BCUT2D eigenvalue weighted by Crippen LogP contribution is -2.07. The Morgan fingerprint density at radius 1 is 1.05 bits per heavy atom. The van der Waals surface area contributed by atoms with Gasteiger partial charge in [0.05, 0.1) is 0 Å². The van der Waals surface area contributed by atoms with E-state index < -0.39 is 0 Å². The number of nitrogens with zero attached hydrogens (tertiary/aromatic N) is 2. The summed E-state index contributed by atoms with van der Waals surface area (Å²) in [6.45, 7) is 9.18. The lowest BCUT2D eigenvalue weighted by molar-refractivity contribution is 0.777. The van der Waals surface area contributed by atoms with Crippen LogP contribution in [-0.2, 0) is 0 Å². The zero-order valence-corrected chi connectivity index (χ0v) is 12.6. The van der Waals surface area contributed by atoms with Gasteiger partial charge in [0.15, 0.2) is 0 Å². The van der Waals surface area contributed by atoms with Gasteiger partial charge in [0.2, 0.25) is 0 Å². The second-order valence-electron chi connectivity index (χ2n) is 5.17. The molecular formula is C16H22N4. The highest BCUT2D eigenvalue weighted by molar-refractivity contribution is 5.59. The maximum Gasteiger partial charge on any atom is 0.136 e. The summed E-state index contributed by atoms with van der Waals surface area (Å²) in [4.78, 5) is 9.09. The van der Waals surface area contributed by atoms with E-state index in [4.69, 9.17) is 0 Å². The van der Waals surface area contributed by atoms with Crippen molar-refractivity contribution >= 4 is 17.3 Å². The Morgan fingerprint density at radius 2 is 1.70 bits per heavy atom. The number of nitrogens with one attached hydrogen (secondary N) is 2. The number of anilines is 3. The van der Waals surface area contributed by atoms with Gasteiger partial charge in [-0.25, -0.2) is 9.97 Å². The minimum Gasteiger partial charge on any atom is -0.370 e. The summed E-state index contributed by atoms with van der Waals surface area (Å²) in [5.41, 5.74) is 2.28. The maximum absolute atomic E-state index is 4.57. The first-order valence-electron chi connectivity index (χ1n) is 7.05. The van der Waals surface area contributed by atoms with Crippen LogP contribution in [0.1, 0.15) is 38.1 Å². The predicted octanol–water partition coefficient (Wildman–Crippen LogP) is 4.08. The van der Waals surface area contributed by atoms with Crippen LogP contribution in [0.2, 0.25) is 0 Å². The van der Waals surface area contributed by atoms with Gasteiger partial charge in [-0.3, -0.25) is 0 Å². The first-order valence-corrected chi connectivity index (χ1v) is 7.05. The van der Waals surface area contributed by atoms with Crippen molar-refractivity contribution in [2.75, 3.05) is 17.2 Å². The largest absolute Gasteiger partial charge is 0.370 e. The summed E-state index contributed by atoms with van der Waals surface area (Å²) in [7, 11) is 0. The number of aromatic nitrogens is 2. The van der Waals surface area contributed by atoms with Crippen molar-refractivity contribution in [1.29, 1.82) is 0 Å². The Balaban J connectivity index is 2.27. The summed E-state index contributed by atoms with van der Waals surface area (Å²) in [6.07, 6.45) is 0. The molecule has 0 aliphatic carbocycles. The predicted molar refractivity (Wildman–Crippen MR) is 84.7 cm³/mol. The van der Waals surface area contributed by atoms with Gasteiger partial charge in [0.25, 0.3) is 0 Å². The molecule has 1 aromatic carbocycles. The first-order chi connectivity index (χ1) is 9.58. The molecule has 0 fully saturated rings. The third-order valence-corrected chi connectivity index (χ3v) is 2.94. The molecule has 0 saturated heterocycles. The molecule has 0 radical (unpaired) electrons. The fraction of sp³-hybridized carbons (Fsp3) is 0.375. The monoisotopic (exact) mass is 270 g/mol. The molecule has 0 bridgehead atoms. The summed E-state index contributed by atoms with van der Waals surface area (Å²) in [5, 5.41) is 6.58. The third-order valence-electron chi connectivity index (χ3n) is 2.94. The average Bonchev–Trinajstić information content (AvgIpc) is 2.41. The van der Waals surface area contributed by atoms with E-state index in [0.717, 1.165) is 29.7 Å². The molecule has 2 N–H and O–H groups in total. The van der Waals surface area contributed by atoms with Gasteiger partial charge in [-0.1, -0.05) is 31.5 Å². The summed E-state index contributed by atoms with van der Waals surface area (Å²) in [5.74, 6) is 2.83. The molecular weight excluding hydrogens is 248 g/mol. The Bertz CT molecular complexity index is 561. The van der Waals surface area contributed by atoms with E-state index in [2.05, 4.69) is 72.6 Å². The van der Waals surface area contributed by atoms with E-state index in [9.17, 15) is 0 Å². The summed E-state index contributed by atoms with van der Waals surface area (Å²) >= 11 is 0. The number of aryl methyl sites for hydroxylation is 1. The quantitative estimate of drug-likeness (QED) is 0.859. The van der Waals surface area contributed by atoms with Gasteiger partial charge in [-0.2, -0.15) is 0 Å². The summed E-state index contributed by atoms with van der Waals surface area (Å²) < 4.78 is 0. The number of benzene rings is 1. The fourth-order valence-corrected chi connectivity index (χ4v) is 1.84. The minimum absolute atomic E-state index is 0.298. The fourth-order valence-electron chi connectivity index (χ4n) is 1.84. The number of hydrogen-bond donors (Lipinski definition) is 2. The van der Waals surface area contributed by atoms with E-state index in [1.165, 1.54) is 5.56 Å². The highest BCUT2D eigenvalue weighted by atomic mass is 15.1. The van der Waals surface area contributed by atoms with Crippen molar-refractivity contribution in [3.05, 3.63) is 41.7 Å². The molecule has 0 aliphatic heterocycles. The lowest BCUT2D eigenvalue weighted by Gasteiger charge is -2.12. The van der Waals surface area contributed by atoms with Crippen LogP contribution in [0.25, 0.3) is 0 Å². The van der Waals surface area contributed by atoms with E-state index >= 15 is 0 Å². The van der Waals surface area contributed by atoms with Crippen LogP contribution in [0.15, 0.2) is 30.3 Å². The SMILES string of the molecule is CCNc1cc(Nc2ccc(C)cc2)nc(C(C)C)n1. The van der Waals surface area contributed by atoms with Crippen LogP contribution in [0.3, 0.4) is 0 Å². The van der Waals surface area contributed by atoms with E-state index in [1.54, 1.807) is 0 Å². The molecule has 1 heterocycles. The second-order valence-corrected chi connectivity index (χ2v) is 5.17. The van der Waals surface area contributed by atoms with Crippen LogP contribution in [0, 0.1) is 6.92 Å². The molecule has 0 spiro atoms. The summed E-state index contributed by atoms with van der Waals surface area (Å²) in [6, 6.07) is 10.2. The van der Waals surface area contributed by atoms with Gasteiger partial charge >= 0.3 is 0 Å². The van der Waals surface area contributed by atoms with Crippen LogP contribution in [0.5, 0.6) is 0 Å². The van der Waals surface area contributed by atoms with Crippen LogP contribution in [0.4, 0.5) is 17.3 Å². The highest BCUT2D eigenvalue weighted by Crippen LogP contribution is 2.20. The maximum atomic E-state index is 4.57. The normalized spacial score (nSPS) is 10.7.